The lowest BCUT2D eigenvalue weighted by Gasteiger charge is -2.38. The Kier molecular flexibility index (Phi) is 2.55. The maximum atomic E-state index is 4.60. The molecule has 0 amide bonds. The average molecular weight is 204 g/mol. The minimum atomic E-state index is 0.266. The minimum Gasteiger partial charge on any atom is -0.294 e. The predicted molar refractivity (Wildman–Crippen MR) is 62.8 cm³/mol. The third kappa shape index (κ3) is 2.20. The molecule has 15 heavy (non-hydrogen) atoms. The summed E-state index contributed by atoms with van der Waals surface area (Å²) < 4.78 is 0. The molecule has 1 aromatic rings. The van der Waals surface area contributed by atoms with Crippen molar-refractivity contribution in [1.29, 1.82) is 0 Å². The highest BCUT2D eigenvalue weighted by Crippen LogP contribution is 2.23. The van der Waals surface area contributed by atoms with Gasteiger partial charge in [-0.3, -0.25) is 9.88 Å². The first-order chi connectivity index (χ1) is 6.97. The molecular formula is C13H20N2. The van der Waals surface area contributed by atoms with Crippen LogP contribution in [0.5, 0.6) is 0 Å². The van der Waals surface area contributed by atoms with E-state index in [1.807, 2.05) is 0 Å². The monoisotopic (exact) mass is 204 g/mol. The Morgan fingerprint density at radius 1 is 1.27 bits per heavy atom. The van der Waals surface area contributed by atoms with Gasteiger partial charge >= 0.3 is 0 Å². The number of aromatic nitrogens is 1. The van der Waals surface area contributed by atoms with Crippen LogP contribution in [0.3, 0.4) is 0 Å². The summed E-state index contributed by atoms with van der Waals surface area (Å²) in [5.41, 5.74) is 4.11. The number of nitrogens with zero attached hydrogens (tertiary/aromatic N) is 2. The molecule has 0 bridgehead atoms. The lowest BCUT2D eigenvalue weighted by atomic mass is 9.98. The van der Waals surface area contributed by atoms with Gasteiger partial charge in [0.05, 0.1) is 0 Å². The Balaban J connectivity index is 2.24. The molecule has 0 unspecified atom stereocenters. The van der Waals surface area contributed by atoms with Gasteiger partial charge in [0.25, 0.3) is 0 Å². The maximum absolute atomic E-state index is 4.60. The first kappa shape index (κ1) is 10.6. The quantitative estimate of drug-likeness (QED) is 0.645. The third-order valence-electron chi connectivity index (χ3n) is 3.14. The second-order valence-electron chi connectivity index (χ2n) is 5.40. The number of fused-ring (bicyclic) bond motifs is 1. The summed E-state index contributed by atoms with van der Waals surface area (Å²) >= 11 is 0. The topological polar surface area (TPSA) is 16.1 Å². The zero-order chi connectivity index (χ0) is 11.1. The fraction of sp³-hybridized carbons (Fsp3) is 0.615. The van der Waals surface area contributed by atoms with Crippen molar-refractivity contribution in [1.82, 2.24) is 9.88 Å². The summed E-state index contributed by atoms with van der Waals surface area (Å²) in [6, 6.07) is 4.35. The highest BCUT2D eigenvalue weighted by Gasteiger charge is 2.25. The van der Waals surface area contributed by atoms with E-state index < -0.39 is 0 Å². The zero-order valence-electron chi connectivity index (χ0n) is 10.2. The molecule has 2 heteroatoms. The van der Waals surface area contributed by atoms with Crippen LogP contribution in [0, 0.1) is 6.92 Å². The molecule has 1 aliphatic rings. The molecule has 0 radical (unpaired) electrons. The Morgan fingerprint density at radius 2 is 2.00 bits per heavy atom. The molecule has 2 heterocycles. The summed E-state index contributed by atoms with van der Waals surface area (Å²) in [7, 11) is 0. The van der Waals surface area contributed by atoms with E-state index in [1.54, 1.807) is 0 Å². The summed E-state index contributed by atoms with van der Waals surface area (Å²) in [5, 5.41) is 0. The van der Waals surface area contributed by atoms with Gasteiger partial charge in [-0.05, 0) is 39.3 Å². The fourth-order valence-electron chi connectivity index (χ4n) is 2.10. The average Bonchev–Trinajstić information content (AvgIpc) is 2.15. The van der Waals surface area contributed by atoms with Crippen LogP contribution in [-0.4, -0.2) is 22.0 Å². The van der Waals surface area contributed by atoms with Crippen LogP contribution in [0.1, 0.15) is 37.7 Å². The smallest absolute Gasteiger partial charge is 0.0464 e. The molecule has 0 fully saturated rings. The minimum absolute atomic E-state index is 0.266. The number of pyridine rings is 1. The molecule has 1 aliphatic heterocycles. The fourth-order valence-corrected chi connectivity index (χ4v) is 2.10. The van der Waals surface area contributed by atoms with Crippen molar-refractivity contribution < 1.29 is 0 Å². The number of hydrogen-bond acceptors (Lipinski definition) is 2. The van der Waals surface area contributed by atoms with Gasteiger partial charge in [-0.15, -0.1) is 0 Å². The molecule has 2 nitrogen and oxygen atoms in total. The zero-order valence-corrected chi connectivity index (χ0v) is 10.2. The van der Waals surface area contributed by atoms with Crippen molar-refractivity contribution in [2.75, 3.05) is 6.54 Å². The van der Waals surface area contributed by atoms with Gasteiger partial charge < -0.3 is 0 Å². The molecule has 0 atom stereocenters. The maximum Gasteiger partial charge on any atom is 0.0464 e. The Hall–Kier alpha value is -0.890. The molecule has 0 spiro atoms. The van der Waals surface area contributed by atoms with E-state index in [0.29, 0.717) is 0 Å². The van der Waals surface area contributed by atoms with Crippen molar-refractivity contribution in [3.63, 3.8) is 0 Å². The van der Waals surface area contributed by atoms with E-state index in [9.17, 15) is 0 Å². The Labute approximate surface area is 92.3 Å². The van der Waals surface area contributed by atoms with Crippen LogP contribution in [-0.2, 0) is 13.0 Å². The van der Waals surface area contributed by atoms with Gasteiger partial charge in [0.1, 0.15) is 0 Å². The third-order valence-corrected chi connectivity index (χ3v) is 3.14. The van der Waals surface area contributed by atoms with Crippen molar-refractivity contribution in [2.45, 2.75) is 46.2 Å². The van der Waals surface area contributed by atoms with Crippen molar-refractivity contribution in [2.24, 2.45) is 0 Å². The van der Waals surface area contributed by atoms with Crippen molar-refractivity contribution in [3.8, 4) is 0 Å². The van der Waals surface area contributed by atoms with E-state index in [-0.39, 0.29) is 5.54 Å². The van der Waals surface area contributed by atoms with Crippen molar-refractivity contribution in [3.05, 3.63) is 29.1 Å². The van der Waals surface area contributed by atoms with Gasteiger partial charge in [-0.25, -0.2) is 0 Å². The van der Waals surface area contributed by atoms with Gasteiger partial charge in [-0.2, -0.15) is 0 Å². The second-order valence-corrected chi connectivity index (χ2v) is 5.40. The largest absolute Gasteiger partial charge is 0.294 e. The van der Waals surface area contributed by atoms with Crippen LogP contribution in [0.2, 0.25) is 0 Å². The summed E-state index contributed by atoms with van der Waals surface area (Å²) in [5.74, 6) is 0. The van der Waals surface area contributed by atoms with Crippen LogP contribution in [0.4, 0.5) is 0 Å². The molecule has 0 N–H and O–H groups in total. The van der Waals surface area contributed by atoms with Crippen LogP contribution < -0.4 is 0 Å². The van der Waals surface area contributed by atoms with Gasteiger partial charge in [0.15, 0.2) is 0 Å². The molecular weight excluding hydrogens is 184 g/mol. The first-order valence-electron chi connectivity index (χ1n) is 5.67. The van der Waals surface area contributed by atoms with E-state index in [2.05, 4.69) is 49.7 Å². The molecule has 1 aromatic heterocycles. The number of hydrogen-bond donors (Lipinski definition) is 0. The van der Waals surface area contributed by atoms with Gasteiger partial charge in [0, 0.05) is 36.4 Å². The van der Waals surface area contributed by atoms with Gasteiger partial charge in [-0.1, -0.05) is 6.07 Å². The number of aryl methyl sites for hydroxylation is 1. The lowest BCUT2D eigenvalue weighted by molar-refractivity contribution is 0.119. The highest BCUT2D eigenvalue weighted by atomic mass is 15.2. The molecule has 0 aliphatic carbocycles. The van der Waals surface area contributed by atoms with Crippen LogP contribution in [0.15, 0.2) is 12.1 Å². The normalized spacial score (nSPS) is 17.6. The highest BCUT2D eigenvalue weighted by molar-refractivity contribution is 5.25. The number of rotatable bonds is 0. The summed E-state index contributed by atoms with van der Waals surface area (Å²) in [4.78, 5) is 7.12. The molecule has 0 saturated heterocycles. The summed E-state index contributed by atoms with van der Waals surface area (Å²) in [6.07, 6.45) is 1.09. The van der Waals surface area contributed by atoms with E-state index in [0.717, 1.165) is 25.2 Å². The Bertz CT molecular complexity index is 363. The predicted octanol–water partition coefficient (Wildman–Crippen LogP) is 2.55. The van der Waals surface area contributed by atoms with E-state index in [1.165, 1.54) is 11.3 Å². The SMILES string of the molecule is Cc1ccc2c(n1)CCN(C(C)(C)C)C2. The Morgan fingerprint density at radius 3 is 2.67 bits per heavy atom. The van der Waals surface area contributed by atoms with Gasteiger partial charge in [0.2, 0.25) is 0 Å². The van der Waals surface area contributed by atoms with E-state index >= 15 is 0 Å². The molecule has 2 rings (SSSR count). The first-order valence-corrected chi connectivity index (χ1v) is 5.67. The summed E-state index contributed by atoms with van der Waals surface area (Å²) in [6.45, 7) is 11.1. The van der Waals surface area contributed by atoms with E-state index in [4.69, 9.17) is 0 Å². The molecule has 0 saturated carbocycles. The standard InChI is InChI=1S/C13H20N2/c1-10-5-6-11-9-15(13(2,3)4)8-7-12(11)14-10/h5-6H,7-9H2,1-4H3. The van der Waals surface area contributed by atoms with Crippen molar-refractivity contribution >= 4 is 0 Å². The van der Waals surface area contributed by atoms with Crippen LogP contribution in [0.25, 0.3) is 0 Å². The molecule has 82 valence electrons. The second kappa shape index (κ2) is 3.60. The lowest BCUT2D eigenvalue weighted by Crippen LogP contribution is -2.44. The molecule has 0 aromatic carbocycles. The van der Waals surface area contributed by atoms with Crippen LogP contribution >= 0.6 is 0 Å².